The summed E-state index contributed by atoms with van der Waals surface area (Å²) in [5.74, 6) is 2.01. The summed E-state index contributed by atoms with van der Waals surface area (Å²) in [7, 11) is 0. The molecule has 1 heterocycles. The number of likely N-dealkylation sites (tertiary alicyclic amines) is 1. The highest BCUT2D eigenvalue weighted by Gasteiger charge is 2.52. The Bertz CT molecular complexity index is 549. The summed E-state index contributed by atoms with van der Waals surface area (Å²) in [5, 5.41) is 0. The molecule has 3 rings (SSSR count). The lowest BCUT2D eigenvalue weighted by molar-refractivity contribution is -0.941. The first-order valence-electron chi connectivity index (χ1n) is 11.4. The van der Waals surface area contributed by atoms with E-state index in [9.17, 15) is 0 Å². The molecule has 1 saturated carbocycles. The van der Waals surface area contributed by atoms with Gasteiger partial charge in [-0.2, -0.15) is 0 Å². The molecule has 1 aliphatic carbocycles. The zero-order chi connectivity index (χ0) is 18.6. The van der Waals surface area contributed by atoms with Gasteiger partial charge in [-0.05, 0) is 56.4 Å². The second kappa shape index (κ2) is 8.46. The molecule has 1 saturated heterocycles. The maximum atomic E-state index is 2.46. The molecule has 1 aliphatic heterocycles. The number of quaternary nitrogens is 1. The molecule has 0 amide bonds. The Balaban J connectivity index is 1.62. The van der Waals surface area contributed by atoms with Crippen LogP contribution in [0, 0.1) is 11.8 Å². The van der Waals surface area contributed by atoms with Gasteiger partial charge in [0.2, 0.25) is 0 Å². The fraction of sp³-hybridized carbons (Fsp3) is 0.760. The lowest BCUT2D eigenvalue weighted by Crippen LogP contribution is -2.54. The molecule has 0 radical (unpaired) electrons. The van der Waals surface area contributed by atoms with Crippen molar-refractivity contribution in [2.45, 2.75) is 90.5 Å². The van der Waals surface area contributed by atoms with Crippen LogP contribution in [0.5, 0.6) is 0 Å². The lowest BCUT2D eigenvalue weighted by atomic mass is 9.75. The highest BCUT2D eigenvalue weighted by atomic mass is 15.4. The average Bonchev–Trinajstić information content (AvgIpc) is 2.97. The largest absolute Gasteiger partial charge is 0.321 e. The predicted molar refractivity (Wildman–Crippen MR) is 113 cm³/mol. The van der Waals surface area contributed by atoms with Gasteiger partial charge >= 0.3 is 0 Å². The maximum absolute atomic E-state index is 2.46. The van der Waals surface area contributed by atoms with Gasteiger partial charge in [-0.3, -0.25) is 0 Å². The van der Waals surface area contributed by atoms with Crippen LogP contribution in [-0.2, 0) is 5.41 Å². The molecule has 1 heteroatoms. The van der Waals surface area contributed by atoms with Gasteiger partial charge in [-0.25, -0.2) is 0 Å². The van der Waals surface area contributed by atoms with Crippen molar-refractivity contribution in [1.29, 1.82) is 0 Å². The van der Waals surface area contributed by atoms with E-state index in [0.29, 0.717) is 5.41 Å². The number of hydrogen-bond acceptors (Lipinski definition) is 0. The zero-order valence-corrected chi connectivity index (χ0v) is 17.8. The molecular weight excluding hydrogens is 314 g/mol. The highest BCUT2D eigenvalue weighted by molar-refractivity contribution is 5.23. The van der Waals surface area contributed by atoms with Crippen LogP contribution >= 0.6 is 0 Å². The van der Waals surface area contributed by atoms with Gasteiger partial charge in [0.05, 0.1) is 25.7 Å². The molecule has 1 aromatic carbocycles. The van der Waals surface area contributed by atoms with E-state index in [1.807, 2.05) is 0 Å². The third-order valence-electron chi connectivity index (χ3n) is 7.92. The van der Waals surface area contributed by atoms with Crippen LogP contribution in [0.3, 0.4) is 0 Å². The summed E-state index contributed by atoms with van der Waals surface area (Å²) in [6, 6.07) is 12.1. The van der Waals surface area contributed by atoms with E-state index in [2.05, 4.69) is 58.0 Å². The summed E-state index contributed by atoms with van der Waals surface area (Å²) in [6.45, 7) is 14.0. The Morgan fingerprint density at radius 1 is 1.04 bits per heavy atom. The number of fused-ring (bicyclic) bond motifs is 1. The van der Waals surface area contributed by atoms with E-state index in [4.69, 9.17) is 0 Å². The van der Waals surface area contributed by atoms with Crippen molar-refractivity contribution >= 4 is 0 Å². The minimum Gasteiger partial charge on any atom is -0.321 e. The molecule has 4 atom stereocenters. The van der Waals surface area contributed by atoms with E-state index in [0.717, 1.165) is 17.9 Å². The minimum atomic E-state index is 0.311. The molecule has 146 valence electrons. The molecule has 1 aromatic rings. The Labute approximate surface area is 162 Å². The van der Waals surface area contributed by atoms with Gasteiger partial charge in [0.25, 0.3) is 0 Å². The standard InChI is InChI=1S/C25H42N/c1-5-19-26(6-2)20-21(23-16-10-11-17-24(23)26)13-12-18-25(3,4)22-14-8-7-9-15-22/h7-9,14-15,21,23-24H,5-6,10-13,16-20H2,1-4H3/q+1. The molecule has 0 aromatic heterocycles. The SMILES string of the molecule is CCC[N+]1(CC)CC(CCCC(C)(C)c2ccccc2)C2CCCCC21. The van der Waals surface area contributed by atoms with Crippen molar-refractivity contribution in [2.75, 3.05) is 19.6 Å². The summed E-state index contributed by atoms with van der Waals surface area (Å²) >= 11 is 0. The Hall–Kier alpha value is -0.820. The quantitative estimate of drug-likeness (QED) is 0.462. The third kappa shape index (κ3) is 4.03. The number of nitrogens with zero attached hydrogens (tertiary/aromatic N) is 1. The molecular formula is C25H42N+. The van der Waals surface area contributed by atoms with Crippen molar-refractivity contribution < 1.29 is 4.48 Å². The normalized spacial score (nSPS) is 31.8. The fourth-order valence-corrected chi connectivity index (χ4v) is 6.48. The van der Waals surface area contributed by atoms with Crippen LogP contribution in [-0.4, -0.2) is 30.2 Å². The van der Waals surface area contributed by atoms with Gasteiger partial charge in [-0.1, -0.05) is 63.9 Å². The van der Waals surface area contributed by atoms with Crippen LogP contribution in [0.4, 0.5) is 0 Å². The zero-order valence-electron chi connectivity index (χ0n) is 17.8. The third-order valence-corrected chi connectivity index (χ3v) is 7.92. The minimum absolute atomic E-state index is 0.311. The first-order chi connectivity index (χ1) is 12.5. The van der Waals surface area contributed by atoms with Gasteiger partial charge in [-0.15, -0.1) is 0 Å². The van der Waals surface area contributed by atoms with E-state index in [1.165, 1.54) is 81.0 Å². The molecule has 0 N–H and O–H groups in total. The summed E-state index contributed by atoms with van der Waals surface area (Å²) in [5.41, 5.74) is 1.82. The van der Waals surface area contributed by atoms with Crippen molar-refractivity contribution in [2.24, 2.45) is 11.8 Å². The summed E-state index contributed by atoms with van der Waals surface area (Å²) < 4.78 is 1.45. The number of hydrogen-bond donors (Lipinski definition) is 0. The number of benzene rings is 1. The molecule has 0 bridgehead atoms. The van der Waals surface area contributed by atoms with Gasteiger partial charge in [0.15, 0.2) is 0 Å². The molecule has 26 heavy (non-hydrogen) atoms. The summed E-state index contributed by atoms with van der Waals surface area (Å²) in [6.07, 6.45) is 11.5. The smallest absolute Gasteiger partial charge is 0.0923 e. The molecule has 2 aliphatic rings. The maximum Gasteiger partial charge on any atom is 0.0923 e. The average molecular weight is 357 g/mol. The van der Waals surface area contributed by atoms with Crippen molar-refractivity contribution in [3.63, 3.8) is 0 Å². The first kappa shape index (κ1) is 19.9. The lowest BCUT2D eigenvalue weighted by Gasteiger charge is -2.42. The van der Waals surface area contributed by atoms with Crippen LogP contribution in [0.1, 0.15) is 84.6 Å². The Morgan fingerprint density at radius 3 is 2.46 bits per heavy atom. The van der Waals surface area contributed by atoms with Crippen molar-refractivity contribution in [3.8, 4) is 0 Å². The molecule has 4 unspecified atom stereocenters. The van der Waals surface area contributed by atoms with Crippen LogP contribution in [0.25, 0.3) is 0 Å². The van der Waals surface area contributed by atoms with E-state index < -0.39 is 0 Å². The van der Waals surface area contributed by atoms with Gasteiger partial charge in [0, 0.05) is 11.8 Å². The first-order valence-corrected chi connectivity index (χ1v) is 11.4. The predicted octanol–water partition coefficient (Wildman–Crippen LogP) is 6.57. The van der Waals surface area contributed by atoms with Crippen LogP contribution in [0.15, 0.2) is 30.3 Å². The molecule has 0 spiro atoms. The molecule has 1 nitrogen and oxygen atoms in total. The summed E-state index contributed by atoms with van der Waals surface area (Å²) in [4.78, 5) is 0. The monoisotopic (exact) mass is 356 g/mol. The van der Waals surface area contributed by atoms with Crippen LogP contribution < -0.4 is 0 Å². The van der Waals surface area contributed by atoms with E-state index >= 15 is 0 Å². The van der Waals surface area contributed by atoms with Crippen LogP contribution in [0.2, 0.25) is 0 Å². The van der Waals surface area contributed by atoms with E-state index in [1.54, 1.807) is 0 Å². The van der Waals surface area contributed by atoms with E-state index in [-0.39, 0.29) is 0 Å². The van der Waals surface area contributed by atoms with Crippen molar-refractivity contribution in [1.82, 2.24) is 0 Å². The van der Waals surface area contributed by atoms with Gasteiger partial charge < -0.3 is 4.48 Å². The Kier molecular flexibility index (Phi) is 6.49. The van der Waals surface area contributed by atoms with Gasteiger partial charge in [0.1, 0.15) is 0 Å². The Morgan fingerprint density at radius 2 is 1.77 bits per heavy atom. The topological polar surface area (TPSA) is 0 Å². The van der Waals surface area contributed by atoms with Crippen molar-refractivity contribution in [3.05, 3.63) is 35.9 Å². The fourth-order valence-electron chi connectivity index (χ4n) is 6.48. The second-order valence-corrected chi connectivity index (χ2v) is 9.86. The number of rotatable bonds is 8. The highest BCUT2D eigenvalue weighted by Crippen LogP contribution is 2.46. The molecule has 2 fully saturated rings. The second-order valence-electron chi connectivity index (χ2n) is 9.86.